The van der Waals surface area contributed by atoms with E-state index < -0.39 is 0 Å². The number of hydrogen-bond donors (Lipinski definition) is 3. The van der Waals surface area contributed by atoms with E-state index in [0.717, 1.165) is 37.4 Å². The number of thiophene rings is 1. The van der Waals surface area contributed by atoms with E-state index >= 15 is 0 Å². The molecule has 9 heteroatoms. The van der Waals surface area contributed by atoms with E-state index in [0.29, 0.717) is 17.9 Å². The second-order valence-corrected chi connectivity index (χ2v) is 7.50. The molecule has 0 fully saturated rings. The lowest BCUT2D eigenvalue weighted by atomic mass is 10.1. The number of anilines is 1. The minimum Gasteiger partial charge on any atom is -0.495 e. The molecule has 4 aromatic rings. The van der Waals surface area contributed by atoms with Gasteiger partial charge >= 0.3 is 0 Å². The molecule has 0 radical (unpaired) electrons. The highest BCUT2D eigenvalue weighted by Gasteiger charge is 2.20. The highest BCUT2D eigenvalue weighted by molar-refractivity contribution is 7.22. The van der Waals surface area contributed by atoms with Crippen LogP contribution in [0.5, 0.6) is 5.75 Å². The van der Waals surface area contributed by atoms with Crippen LogP contribution in [0.15, 0.2) is 30.7 Å². The van der Waals surface area contributed by atoms with Crippen LogP contribution in [0.3, 0.4) is 0 Å². The van der Waals surface area contributed by atoms with Crippen LogP contribution >= 0.6 is 11.3 Å². The molecule has 0 atom stereocenters. The summed E-state index contributed by atoms with van der Waals surface area (Å²) >= 11 is 1.61. The van der Waals surface area contributed by atoms with Crippen LogP contribution < -0.4 is 21.5 Å². The van der Waals surface area contributed by atoms with Crippen LogP contribution in [0.4, 0.5) is 5.82 Å². The number of amides is 1. The Labute approximate surface area is 165 Å². The summed E-state index contributed by atoms with van der Waals surface area (Å²) in [7, 11) is 1.67. The Morgan fingerprint density at radius 1 is 1.36 bits per heavy atom. The number of nitrogens with two attached hydrogens (primary N) is 2. The van der Waals surface area contributed by atoms with Crippen molar-refractivity contribution in [3.8, 4) is 16.2 Å². The summed E-state index contributed by atoms with van der Waals surface area (Å²) in [5.74, 6) is 0.980. The summed E-state index contributed by atoms with van der Waals surface area (Å²) in [5, 5.41) is 8.17. The zero-order chi connectivity index (χ0) is 19.8. The van der Waals surface area contributed by atoms with E-state index in [1.165, 1.54) is 6.33 Å². The molecular weight excluding hydrogens is 376 g/mol. The third kappa shape index (κ3) is 3.04. The monoisotopic (exact) mass is 396 g/mol. The van der Waals surface area contributed by atoms with Gasteiger partial charge in [-0.15, -0.1) is 11.3 Å². The average molecular weight is 396 g/mol. The van der Waals surface area contributed by atoms with E-state index in [9.17, 15) is 4.79 Å². The molecule has 8 nitrogen and oxygen atoms in total. The van der Waals surface area contributed by atoms with Crippen molar-refractivity contribution in [1.29, 1.82) is 0 Å². The SMILES string of the molecule is COc1cc(C)cc2cc(-c3c(CNC(=O)CN)cn4ncnc(N)c34)sc12. The molecule has 0 aliphatic heterocycles. The van der Waals surface area contributed by atoms with Crippen molar-refractivity contribution in [2.24, 2.45) is 5.73 Å². The van der Waals surface area contributed by atoms with Crippen molar-refractivity contribution in [2.75, 3.05) is 19.4 Å². The molecule has 0 saturated carbocycles. The summed E-state index contributed by atoms with van der Waals surface area (Å²) in [4.78, 5) is 16.8. The Kier molecular flexibility index (Phi) is 4.62. The fraction of sp³-hybridized carbons (Fsp3) is 0.211. The number of methoxy groups -OCH3 is 1. The highest BCUT2D eigenvalue weighted by atomic mass is 32.1. The predicted octanol–water partition coefficient (Wildman–Crippen LogP) is 2.09. The van der Waals surface area contributed by atoms with Gasteiger partial charge in [-0.2, -0.15) is 5.10 Å². The molecule has 1 aromatic carbocycles. The van der Waals surface area contributed by atoms with Crippen LogP contribution in [0.2, 0.25) is 0 Å². The molecule has 0 bridgehead atoms. The third-order valence-electron chi connectivity index (χ3n) is 4.53. The van der Waals surface area contributed by atoms with Gasteiger partial charge in [0.15, 0.2) is 5.82 Å². The molecule has 144 valence electrons. The molecule has 28 heavy (non-hydrogen) atoms. The number of aryl methyl sites for hydroxylation is 1. The zero-order valence-corrected chi connectivity index (χ0v) is 16.3. The number of carbonyl (C=O) groups excluding carboxylic acids is 1. The number of nitrogens with zero attached hydrogens (tertiary/aromatic N) is 3. The normalized spacial score (nSPS) is 11.2. The van der Waals surface area contributed by atoms with Crippen LogP contribution in [-0.2, 0) is 11.3 Å². The molecule has 0 aliphatic rings. The third-order valence-corrected chi connectivity index (χ3v) is 5.72. The predicted molar refractivity (Wildman–Crippen MR) is 110 cm³/mol. The minimum atomic E-state index is -0.228. The summed E-state index contributed by atoms with van der Waals surface area (Å²) in [6.45, 7) is 2.29. The lowest BCUT2D eigenvalue weighted by molar-refractivity contribution is -0.119. The lowest BCUT2D eigenvalue weighted by Gasteiger charge is -2.05. The maximum absolute atomic E-state index is 11.7. The first kappa shape index (κ1) is 18.2. The van der Waals surface area contributed by atoms with Gasteiger partial charge in [0, 0.05) is 28.7 Å². The Hall–Kier alpha value is -3.17. The smallest absolute Gasteiger partial charge is 0.234 e. The van der Waals surface area contributed by atoms with Crippen molar-refractivity contribution < 1.29 is 9.53 Å². The van der Waals surface area contributed by atoms with E-state index in [4.69, 9.17) is 16.2 Å². The number of benzene rings is 1. The van der Waals surface area contributed by atoms with Crippen LogP contribution in [0.25, 0.3) is 26.0 Å². The Balaban J connectivity index is 1.94. The summed E-state index contributed by atoms with van der Waals surface area (Å²) in [5.41, 5.74) is 15.2. The summed E-state index contributed by atoms with van der Waals surface area (Å²) < 4.78 is 8.30. The van der Waals surface area contributed by atoms with Crippen molar-refractivity contribution in [2.45, 2.75) is 13.5 Å². The number of ether oxygens (including phenoxy) is 1. The van der Waals surface area contributed by atoms with Crippen molar-refractivity contribution >= 4 is 38.7 Å². The number of fused-ring (bicyclic) bond motifs is 2. The largest absolute Gasteiger partial charge is 0.495 e. The Bertz CT molecular complexity index is 1200. The maximum Gasteiger partial charge on any atom is 0.234 e. The number of carbonyl (C=O) groups is 1. The second kappa shape index (κ2) is 7.10. The van der Waals surface area contributed by atoms with Gasteiger partial charge in [-0.1, -0.05) is 6.07 Å². The quantitative estimate of drug-likeness (QED) is 0.475. The number of nitrogen functional groups attached to an aromatic ring is 1. The molecule has 0 spiro atoms. The first-order valence-electron chi connectivity index (χ1n) is 8.67. The molecule has 3 aromatic heterocycles. The van der Waals surface area contributed by atoms with E-state index in [1.807, 2.05) is 19.2 Å². The van der Waals surface area contributed by atoms with Crippen molar-refractivity contribution in [3.05, 3.63) is 41.9 Å². The summed E-state index contributed by atoms with van der Waals surface area (Å²) in [6.07, 6.45) is 3.26. The first-order chi connectivity index (χ1) is 13.5. The molecule has 5 N–H and O–H groups in total. The fourth-order valence-corrected chi connectivity index (χ4v) is 4.51. The standard InChI is InChI=1S/C19H20N6O2S/c1-10-3-11-5-14(28-18(11)13(4-10)27-2)16-12(7-22-15(26)6-20)8-25-17(16)19(21)23-9-24-25/h3-5,8-9H,6-7,20H2,1-2H3,(H,22,26)(H2,21,23,24). The molecule has 0 saturated heterocycles. The lowest BCUT2D eigenvalue weighted by Crippen LogP contribution is -2.29. The molecule has 0 unspecified atom stereocenters. The number of rotatable bonds is 5. The maximum atomic E-state index is 11.7. The van der Waals surface area contributed by atoms with E-state index in [-0.39, 0.29) is 12.5 Å². The number of hydrogen-bond acceptors (Lipinski definition) is 7. The number of aromatic nitrogens is 3. The van der Waals surface area contributed by atoms with Crippen molar-refractivity contribution in [1.82, 2.24) is 19.9 Å². The highest BCUT2D eigenvalue weighted by Crippen LogP contribution is 2.43. The molecule has 3 heterocycles. The van der Waals surface area contributed by atoms with Gasteiger partial charge in [-0.25, -0.2) is 9.50 Å². The fourth-order valence-electron chi connectivity index (χ4n) is 3.30. The van der Waals surface area contributed by atoms with Crippen molar-refractivity contribution in [3.63, 3.8) is 0 Å². The van der Waals surface area contributed by atoms with Gasteiger partial charge in [0.2, 0.25) is 5.91 Å². The van der Waals surface area contributed by atoms with Crippen LogP contribution in [0, 0.1) is 6.92 Å². The Morgan fingerprint density at radius 3 is 2.93 bits per heavy atom. The van der Waals surface area contributed by atoms with Gasteiger partial charge in [-0.05, 0) is 30.0 Å². The summed E-state index contributed by atoms with van der Waals surface area (Å²) in [6, 6.07) is 6.23. The van der Waals surface area contributed by atoms with Gasteiger partial charge in [0.1, 0.15) is 17.6 Å². The van der Waals surface area contributed by atoms with Gasteiger partial charge in [-0.3, -0.25) is 4.79 Å². The van der Waals surface area contributed by atoms with Gasteiger partial charge in [0.25, 0.3) is 0 Å². The van der Waals surface area contributed by atoms with Crippen LogP contribution in [0.1, 0.15) is 11.1 Å². The first-order valence-corrected chi connectivity index (χ1v) is 9.49. The van der Waals surface area contributed by atoms with Gasteiger partial charge in [0.05, 0.1) is 18.4 Å². The Morgan fingerprint density at radius 2 is 2.18 bits per heavy atom. The average Bonchev–Trinajstić information content (AvgIpc) is 3.26. The topological polar surface area (TPSA) is 121 Å². The second-order valence-electron chi connectivity index (χ2n) is 6.44. The van der Waals surface area contributed by atoms with Gasteiger partial charge < -0.3 is 21.5 Å². The molecular formula is C19H20N6O2S. The molecule has 1 amide bonds. The van der Waals surface area contributed by atoms with E-state index in [2.05, 4.69) is 27.5 Å². The molecule has 0 aliphatic carbocycles. The van der Waals surface area contributed by atoms with E-state index in [1.54, 1.807) is 23.0 Å². The number of nitrogens with one attached hydrogen (secondary N) is 1. The van der Waals surface area contributed by atoms with Crippen LogP contribution in [-0.4, -0.2) is 34.2 Å². The zero-order valence-electron chi connectivity index (χ0n) is 15.5. The molecule has 4 rings (SSSR count). The minimum absolute atomic E-state index is 0.0655.